The predicted octanol–water partition coefficient (Wildman–Crippen LogP) is 5.60. The summed E-state index contributed by atoms with van der Waals surface area (Å²) in [4.78, 5) is 0. The first kappa shape index (κ1) is 18.2. The van der Waals surface area contributed by atoms with Crippen molar-refractivity contribution in [3.63, 3.8) is 0 Å². The molecule has 1 aromatic rings. The molecule has 1 rings (SSSR count). The molecule has 0 heterocycles. The van der Waals surface area contributed by atoms with Crippen molar-refractivity contribution in [3.8, 4) is 11.5 Å². The number of methoxy groups -OCH3 is 2. The molecule has 21 heavy (non-hydrogen) atoms. The van der Waals surface area contributed by atoms with Crippen LogP contribution in [0, 0.1) is 0 Å². The van der Waals surface area contributed by atoms with Gasteiger partial charge < -0.3 is 9.47 Å². The number of hydrogen-bond acceptors (Lipinski definition) is 2. The van der Waals surface area contributed by atoms with E-state index in [2.05, 4.69) is 13.0 Å². The molecule has 120 valence electrons. The Morgan fingerprint density at radius 2 is 1.62 bits per heavy atom. The topological polar surface area (TPSA) is 18.5 Å². The molecule has 0 aromatic heterocycles. The molecule has 0 radical (unpaired) electrons. The summed E-state index contributed by atoms with van der Waals surface area (Å²) in [6, 6.07) is 6.04. The number of rotatable bonds is 11. The quantitative estimate of drug-likeness (QED) is 0.391. The summed E-state index contributed by atoms with van der Waals surface area (Å²) >= 11 is 6.45. The van der Waals surface area contributed by atoms with Crippen LogP contribution < -0.4 is 9.47 Å². The van der Waals surface area contributed by atoms with Gasteiger partial charge in [-0.25, -0.2) is 0 Å². The highest BCUT2D eigenvalue weighted by atomic mass is 35.5. The monoisotopic (exact) mass is 312 g/mol. The lowest BCUT2D eigenvalue weighted by atomic mass is 10.0. The van der Waals surface area contributed by atoms with Gasteiger partial charge in [0.1, 0.15) is 0 Å². The van der Waals surface area contributed by atoms with E-state index in [1.807, 2.05) is 12.1 Å². The molecular weight excluding hydrogens is 284 g/mol. The van der Waals surface area contributed by atoms with Crippen molar-refractivity contribution in [3.05, 3.63) is 23.8 Å². The average Bonchev–Trinajstić information content (AvgIpc) is 2.50. The molecule has 0 saturated heterocycles. The van der Waals surface area contributed by atoms with Crippen LogP contribution in [-0.4, -0.2) is 19.6 Å². The number of ether oxygens (including phenoxy) is 2. The summed E-state index contributed by atoms with van der Waals surface area (Å²) < 4.78 is 10.6. The van der Waals surface area contributed by atoms with Crippen LogP contribution in [0.5, 0.6) is 11.5 Å². The Balaban J connectivity index is 2.32. The summed E-state index contributed by atoms with van der Waals surface area (Å²) in [5.74, 6) is 1.54. The smallest absolute Gasteiger partial charge is 0.160 e. The van der Waals surface area contributed by atoms with Gasteiger partial charge in [0, 0.05) is 5.38 Å². The number of unbranched alkanes of at least 4 members (excludes halogenated alkanes) is 5. The van der Waals surface area contributed by atoms with Gasteiger partial charge in [0.2, 0.25) is 0 Å². The van der Waals surface area contributed by atoms with E-state index in [9.17, 15) is 0 Å². The van der Waals surface area contributed by atoms with E-state index in [4.69, 9.17) is 21.1 Å². The van der Waals surface area contributed by atoms with Crippen LogP contribution in [0.4, 0.5) is 0 Å². The second-order valence-electron chi connectivity index (χ2n) is 5.55. The normalized spacial score (nSPS) is 12.2. The highest BCUT2D eigenvalue weighted by Gasteiger charge is 2.09. The summed E-state index contributed by atoms with van der Waals surface area (Å²) in [7, 11) is 3.32. The molecule has 0 saturated carbocycles. The second-order valence-corrected chi connectivity index (χ2v) is 6.16. The van der Waals surface area contributed by atoms with Gasteiger partial charge in [0.05, 0.1) is 14.2 Å². The van der Waals surface area contributed by atoms with Gasteiger partial charge in [-0.15, -0.1) is 11.6 Å². The molecule has 2 nitrogen and oxygen atoms in total. The molecular formula is C18H29ClO2. The minimum Gasteiger partial charge on any atom is -0.493 e. The fraction of sp³-hybridized carbons (Fsp3) is 0.667. The third-order valence-corrected chi connectivity index (χ3v) is 4.15. The van der Waals surface area contributed by atoms with Gasteiger partial charge in [0.25, 0.3) is 0 Å². The maximum atomic E-state index is 6.45. The standard InChI is InChI=1S/C18H29ClO2/c1-4-5-6-7-8-9-10-16(19)13-15-11-12-17(20-2)18(14-15)21-3/h11-12,14,16H,4-10,13H2,1-3H3. The van der Waals surface area contributed by atoms with E-state index in [1.165, 1.54) is 44.1 Å². The Morgan fingerprint density at radius 1 is 0.952 bits per heavy atom. The minimum atomic E-state index is 0.203. The van der Waals surface area contributed by atoms with E-state index in [0.29, 0.717) is 0 Å². The molecule has 0 amide bonds. The Labute approximate surface area is 134 Å². The molecule has 3 heteroatoms. The molecule has 0 spiro atoms. The molecule has 0 fully saturated rings. The van der Waals surface area contributed by atoms with E-state index < -0.39 is 0 Å². The van der Waals surface area contributed by atoms with Gasteiger partial charge in [-0.2, -0.15) is 0 Å². The fourth-order valence-electron chi connectivity index (χ4n) is 2.51. The molecule has 1 aromatic carbocycles. The van der Waals surface area contributed by atoms with Crippen LogP contribution >= 0.6 is 11.6 Å². The van der Waals surface area contributed by atoms with Gasteiger partial charge >= 0.3 is 0 Å². The van der Waals surface area contributed by atoms with Crippen LogP contribution in [0.15, 0.2) is 18.2 Å². The van der Waals surface area contributed by atoms with Crippen molar-refractivity contribution in [2.45, 2.75) is 63.7 Å². The first-order valence-electron chi connectivity index (χ1n) is 8.06. The summed E-state index contributed by atoms with van der Waals surface area (Å²) in [6.45, 7) is 2.25. The number of benzene rings is 1. The lowest BCUT2D eigenvalue weighted by Gasteiger charge is -2.12. The fourth-order valence-corrected chi connectivity index (χ4v) is 2.84. The van der Waals surface area contributed by atoms with Crippen molar-refractivity contribution in [1.82, 2.24) is 0 Å². The largest absolute Gasteiger partial charge is 0.493 e. The van der Waals surface area contributed by atoms with Crippen LogP contribution in [0.3, 0.4) is 0 Å². The Morgan fingerprint density at radius 3 is 2.29 bits per heavy atom. The van der Waals surface area contributed by atoms with Crippen molar-refractivity contribution < 1.29 is 9.47 Å². The van der Waals surface area contributed by atoms with E-state index >= 15 is 0 Å². The molecule has 1 atom stereocenters. The first-order valence-corrected chi connectivity index (χ1v) is 8.49. The zero-order chi connectivity index (χ0) is 15.5. The average molecular weight is 313 g/mol. The minimum absolute atomic E-state index is 0.203. The van der Waals surface area contributed by atoms with Crippen LogP contribution in [0.1, 0.15) is 57.4 Å². The lowest BCUT2D eigenvalue weighted by Crippen LogP contribution is -2.04. The molecule has 0 aliphatic carbocycles. The number of alkyl halides is 1. The lowest BCUT2D eigenvalue weighted by molar-refractivity contribution is 0.354. The predicted molar refractivity (Wildman–Crippen MR) is 90.9 cm³/mol. The molecule has 1 unspecified atom stereocenters. The summed E-state index contributed by atoms with van der Waals surface area (Å²) in [5.41, 5.74) is 1.21. The van der Waals surface area contributed by atoms with Crippen molar-refractivity contribution in [1.29, 1.82) is 0 Å². The zero-order valence-electron chi connectivity index (χ0n) is 13.7. The van der Waals surface area contributed by atoms with E-state index in [-0.39, 0.29) is 5.38 Å². The summed E-state index contributed by atoms with van der Waals surface area (Å²) in [6.07, 6.45) is 9.86. The maximum Gasteiger partial charge on any atom is 0.160 e. The zero-order valence-corrected chi connectivity index (χ0v) is 14.4. The SMILES string of the molecule is CCCCCCCCC(Cl)Cc1ccc(OC)c(OC)c1. The Bertz CT molecular complexity index is 393. The van der Waals surface area contributed by atoms with Crippen LogP contribution in [0.25, 0.3) is 0 Å². The molecule has 0 aliphatic heterocycles. The van der Waals surface area contributed by atoms with E-state index in [1.54, 1.807) is 14.2 Å². The Kier molecular flexibility index (Phi) is 9.32. The van der Waals surface area contributed by atoms with Crippen LogP contribution in [0.2, 0.25) is 0 Å². The third kappa shape index (κ3) is 7.08. The van der Waals surface area contributed by atoms with Crippen molar-refractivity contribution in [2.24, 2.45) is 0 Å². The molecule has 0 aliphatic rings. The van der Waals surface area contributed by atoms with Crippen molar-refractivity contribution in [2.75, 3.05) is 14.2 Å². The number of halogens is 1. The highest BCUT2D eigenvalue weighted by molar-refractivity contribution is 6.20. The second kappa shape index (κ2) is 10.8. The third-order valence-electron chi connectivity index (χ3n) is 3.78. The van der Waals surface area contributed by atoms with Gasteiger partial charge in [-0.3, -0.25) is 0 Å². The molecule has 0 bridgehead atoms. The van der Waals surface area contributed by atoms with Crippen molar-refractivity contribution >= 4 is 11.6 Å². The van der Waals surface area contributed by atoms with Gasteiger partial charge in [-0.05, 0) is 30.5 Å². The van der Waals surface area contributed by atoms with Crippen LogP contribution in [-0.2, 0) is 6.42 Å². The highest BCUT2D eigenvalue weighted by Crippen LogP contribution is 2.28. The van der Waals surface area contributed by atoms with Gasteiger partial charge in [0.15, 0.2) is 11.5 Å². The van der Waals surface area contributed by atoms with E-state index in [0.717, 1.165) is 24.3 Å². The Hall–Kier alpha value is -0.890. The van der Waals surface area contributed by atoms with Gasteiger partial charge in [-0.1, -0.05) is 51.5 Å². The maximum absolute atomic E-state index is 6.45. The summed E-state index contributed by atoms with van der Waals surface area (Å²) in [5, 5.41) is 0.203. The molecule has 0 N–H and O–H groups in total. The number of hydrogen-bond donors (Lipinski definition) is 0. The first-order chi connectivity index (χ1) is 10.2.